The first kappa shape index (κ1) is 16.2. The molecule has 0 radical (unpaired) electrons. The van der Waals surface area contributed by atoms with Gasteiger partial charge in [-0.2, -0.15) is 0 Å². The Morgan fingerprint density at radius 3 is 2.41 bits per heavy atom. The second-order valence-electron chi connectivity index (χ2n) is 4.48. The summed E-state index contributed by atoms with van der Waals surface area (Å²) in [5, 5.41) is 12.2. The molecule has 2 rings (SSSR count). The van der Waals surface area contributed by atoms with Crippen molar-refractivity contribution < 1.29 is 18.3 Å². The lowest BCUT2D eigenvalue weighted by Crippen LogP contribution is -2.13. The highest BCUT2D eigenvalue weighted by Gasteiger charge is 2.17. The standard InChI is InChI=1S/C14H14N2O4S2/c1-9(17)15-12-7-6-10(8-14(12)21)22(19,20)16-11-4-2-3-5-13(11)18/h2-8,16,18,21H,1H3,(H,15,17). The van der Waals surface area contributed by atoms with Crippen LogP contribution in [0.4, 0.5) is 11.4 Å². The summed E-state index contributed by atoms with van der Waals surface area (Å²) >= 11 is 4.16. The Morgan fingerprint density at radius 2 is 1.82 bits per heavy atom. The lowest BCUT2D eigenvalue weighted by molar-refractivity contribution is -0.114. The van der Waals surface area contributed by atoms with Gasteiger partial charge in [0, 0.05) is 11.8 Å². The second kappa shape index (κ2) is 6.29. The molecule has 116 valence electrons. The van der Waals surface area contributed by atoms with E-state index in [4.69, 9.17) is 0 Å². The van der Waals surface area contributed by atoms with Gasteiger partial charge < -0.3 is 10.4 Å². The van der Waals surface area contributed by atoms with Crippen molar-refractivity contribution in [1.82, 2.24) is 0 Å². The van der Waals surface area contributed by atoms with E-state index in [1.54, 1.807) is 12.1 Å². The van der Waals surface area contributed by atoms with Crippen LogP contribution in [0.1, 0.15) is 6.92 Å². The van der Waals surface area contributed by atoms with Gasteiger partial charge in [-0.05, 0) is 30.3 Å². The summed E-state index contributed by atoms with van der Waals surface area (Å²) in [6, 6.07) is 10.1. The molecule has 3 N–H and O–H groups in total. The fourth-order valence-corrected chi connectivity index (χ4v) is 3.19. The summed E-state index contributed by atoms with van der Waals surface area (Å²) in [5.74, 6) is -0.453. The van der Waals surface area contributed by atoms with Crippen LogP contribution in [0.15, 0.2) is 52.3 Å². The SMILES string of the molecule is CC(=O)Nc1ccc(S(=O)(=O)Nc2ccccc2O)cc1S. The molecule has 0 bridgehead atoms. The van der Waals surface area contributed by atoms with Crippen LogP contribution >= 0.6 is 12.6 Å². The number of phenolic OH excluding ortho intramolecular Hbond substituents is 1. The number of nitrogens with one attached hydrogen (secondary N) is 2. The molecule has 8 heteroatoms. The van der Waals surface area contributed by atoms with Crippen LogP contribution in [-0.4, -0.2) is 19.4 Å². The van der Waals surface area contributed by atoms with Gasteiger partial charge in [0.25, 0.3) is 10.0 Å². The monoisotopic (exact) mass is 338 g/mol. The van der Waals surface area contributed by atoms with Crippen LogP contribution in [0.3, 0.4) is 0 Å². The van der Waals surface area contributed by atoms with Gasteiger partial charge in [0.1, 0.15) is 5.75 Å². The Kier molecular flexibility index (Phi) is 4.62. The largest absolute Gasteiger partial charge is 0.506 e. The van der Waals surface area contributed by atoms with Crippen molar-refractivity contribution in [3.8, 4) is 5.75 Å². The fourth-order valence-electron chi connectivity index (χ4n) is 1.74. The molecule has 2 aromatic carbocycles. The van der Waals surface area contributed by atoms with Crippen LogP contribution in [0.5, 0.6) is 5.75 Å². The minimum absolute atomic E-state index is 0.0325. The van der Waals surface area contributed by atoms with E-state index in [9.17, 15) is 18.3 Å². The molecule has 22 heavy (non-hydrogen) atoms. The number of hydrogen-bond acceptors (Lipinski definition) is 5. The van der Waals surface area contributed by atoms with E-state index in [-0.39, 0.29) is 22.2 Å². The van der Waals surface area contributed by atoms with Crippen molar-refractivity contribution in [2.24, 2.45) is 0 Å². The molecule has 6 nitrogen and oxygen atoms in total. The highest BCUT2D eigenvalue weighted by Crippen LogP contribution is 2.28. The summed E-state index contributed by atoms with van der Waals surface area (Å²) in [7, 11) is -3.88. The number of amides is 1. The molecule has 0 aromatic heterocycles. The topological polar surface area (TPSA) is 95.5 Å². The van der Waals surface area contributed by atoms with Crippen molar-refractivity contribution in [1.29, 1.82) is 0 Å². The quantitative estimate of drug-likeness (QED) is 0.509. The Morgan fingerprint density at radius 1 is 1.14 bits per heavy atom. The lowest BCUT2D eigenvalue weighted by Gasteiger charge is -2.11. The van der Waals surface area contributed by atoms with Gasteiger partial charge in [0.2, 0.25) is 5.91 Å². The number of para-hydroxylation sites is 2. The first-order valence-electron chi connectivity index (χ1n) is 6.21. The van der Waals surface area contributed by atoms with Crippen LogP contribution in [-0.2, 0) is 14.8 Å². The van der Waals surface area contributed by atoms with Gasteiger partial charge in [0.05, 0.1) is 16.3 Å². The predicted octanol–water partition coefficient (Wildman–Crippen LogP) is 2.44. The summed E-state index contributed by atoms with van der Waals surface area (Å²) < 4.78 is 26.9. The van der Waals surface area contributed by atoms with Crippen molar-refractivity contribution in [3.05, 3.63) is 42.5 Å². The number of phenols is 1. The lowest BCUT2D eigenvalue weighted by atomic mass is 10.3. The zero-order valence-corrected chi connectivity index (χ0v) is 13.3. The van der Waals surface area contributed by atoms with E-state index >= 15 is 0 Å². The summed E-state index contributed by atoms with van der Waals surface area (Å²) in [5.41, 5.74) is 0.492. The van der Waals surface area contributed by atoms with Crippen molar-refractivity contribution in [2.45, 2.75) is 16.7 Å². The third-order valence-corrected chi connectivity index (χ3v) is 4.47. The van der Waals surface area contributed by atoms with Crippen molar-refractivity contribution in [2.75, 3.05) is 10.0 Å². The molecular formula is C14H14N2O4S2. The third-order valence-electron chi connectivity index (χ3n) is 2.74. The molecule has 0 aliphatic carbocycles. The Labute approximate surface area is 133 Å². The minimum Gasteiger partial charge on any atom is -0.506 e. The number of rotatable bonds is 4. The van der Waals surface area contributed by atoms with Crippen LogP contribution < -0.4 is 10.0 Å². The maximum atomic E-state index is 12.3. The highest BCUT2D eigenvalue weighted by atomic mass is 32.2. The van der Waals surface area contributed by atoms with Crippen molar-refractivity contribution in [3.63, 3.8) is 0 Å². The third kappa shape index (κ3) is 3.71. The van der Waals surface area contributed by atoms with Crippen LogP contribution in [0.25, 0.3) is 0 Å². The average molecular weight is 338 g/mol. The molecule has 1 amide bonds. The van der Waals surface area contributed by atoms with Crippen molar-refractivity contribution >= 4 is 39.9 Å². The number of carbonyl (C=O) groups is 1. The van der Waals surface area contributed by atoms with Gasteiger partial charge in [-0.25, -0.2) is 8.42 Å². The van der Waals surface area contributed by atoms with Crippen LogP contribution in [0.2, 0.25) is 0 Å². The number of carbonyl (C=O) groups excluding carboxylic acids is 1. The van der Waals surface area contributed by atoms with Gasteiger partial charge in [-0.3, -0.25) is 9.52 Å². The zero-order chi connectivity index (χ0) is 16.3. The molecule has 0 heterocycles. The maximum absolute atomic E-state index is 12.3. The van der Waals surface area contributed by atoms with Gasteiger partial charge in [-0.1, -0.05) is 12.1 Å². The summed E-state index contributed by atoms with van der Waals surface area (Å²) in [6.45, 7) is 1.34. The number of thiol groups is 1. The predicted molar refractivity (Wildman–Crippen MR) is 86.9 cm³/mol. The van der Waals surface area contributed by atoms with E-state index in [2.05, 4.69) is 22.7 Å². The number of hydrogen-bond donors (Lipinski definition) is 4. The molecule has 2 aromatic rings. The molecular weight excluding hydrogens is 324 g/mol. The Bertz CT molecular complexity index is 819. The normalized spacial score (nSPS) is 11.0. The van der Waals surface area contributed by atoms with E-state index in [0.717, 1.165) is 0 Å². The smallest absolute Gasteiger partial charge is 0.262 e. The molecule has 0 fully saturated rings. The van der Waals surface area contributed by atoms with Crippen LogP contribution in [0, 0.1) is 0 Å². The Balaban J connectivity index is 2.32. The summed E-state index contributed by atoms with van der Waals surface area (Å²) in [6.07, 6.45) is 0. The van der Waals surface area contributed by atoms with Gasteiger partial charge in [0.15, 0.2) is 0 Å². The number of sulfonamides is 1. The number of anilines is 2. The minimum atomic E-state index is -3.88. The molecule has 0 spiro atoms. The second-order valence-corrected chi connectivity index (χ2v) is 6.65. The zero-order valence-electron chi connectivity index (χ0n) is 11.6. The average Bonchev–Trinajstić information content (AvgIpc) is 2.43. The van der Waals surface area contributed by atoms with E-state index in [0.29, 0.717) is 10.6 Å². The Hall–Kier alpha value is -2.19. The number of benzene rings is 2. The molecule has 0 saturated heterocycles. The van der Waals surface area contributed by atoms with E-state index in [1.165, 1.54) is 37.3 Å². The fraction of sp³-hybridized carbons (Fsp3) is 0.0714. The molecule has 0 saturated carbocycles. The maximum Gasteiger partial charge on any atom is 0.262 e. The molecule has 0 aliphatic heterocycles. The first-order chi connectivity index (χ1) is 10.3. The van der Waals surface area contributed by atoms with E-state index < -0.39 is 10.0 Å². The highest BCUT2D eigenvalue weighted by molar-refractivity contribution is 7.92. The van der Waals surface area contributed by atoms with Gasteiger partial charge >= 0.3 is 0 Å². The van der Waals surface area contributed by atoms with Gasteiger partial charge in [-0.15, -0.1) is 12.6 Å². The molecule has 0 unspecified atom stereocenters. The summed E-state index contributed by atoms with van der Waals surface area (Å²) in [4.78, 5) is 11.3. The first-order valence-corrected chi connectivity index (χ1v) is 8.14. The van der Waals surface area contributed by atoms with E-state index in [1.807, 2.05) is 0 Å². The molecule has 0 atom stereocenters. The molecule has 0 aliphatic rings. The number of aromatic hydroxyl groups is 1.